The Hall–Kier alpha value is -2.20. The van der Waals surface area contributed by atoms with Gasteiger partial charge in [-0.15, -0.1) is 0 Å². The summed E-state index contributed by atoms with van der Waals surface area (Å²) in [5.41, 5.74) is 0.843. The Kier molecular flexibility index (Phi) is 4.53. The number of hydrogen-bond acceptors (Lipinski definition) is 8. The monoisotopic (exact) mass is 364 g/mol. The second-order valence-electron chi connectivity index (χ2n) is 6.16. The van der Waals surface area contributed by atoms with Gasteiger partial charge in [-0.25, -0.2) is 19.7 Å². The van der Waals surface area contributed by atoms with Gasteiger partial charge in [-0.1, -0.05) is 11.3 Å². The van der Waals surface area contributed by atoms with Gasteiger partial charge in [-0.05, 0) is 12.8 Å². The number of hydrogen-bond donors (Lipinski definition) is 2. The first-order chi connectivity index (χ1) is 12.2. The molecule has 0 aromatic carbocycles. The normalized spacial score (nSPS) is 19.4. The van der Waals surface area contributed by atoms with Crippen LogP contribution in [0.25, 0.3) is 10.3 Å². The van der Waals surface area contributed by atoms with Crippen LogP contribution in [-0.2, 0) is 4.74 Å². The molecule has 2 fully saturated rings. The fourth-order valence-electron chi connectivity index (χ4n) is 3.26. The maximum Gasteiger partial charge on any atom is 0.404 e. The molecule has 0 aliphatic carbocycles. The number of piperidine rings is 1. The smallest absolute Gasteiger partial charge is 0.404 e. The molecule has 134 valence electrons. The number of aromatic nitrogens is 3. The van der Waals surface area contributed by atoms with Crippen LogP contribution in [0.1, 0.15) is 12.8 Å². The van der Waals surface area contributed by atoms with E-state index in [0.717, 1.165) is 60.3 Å². The summed E-state index contributed by atoms with van der Waals surface area (Å²) in [6.45, 7) is 4.59. The molecule has 4 rings (SSSR count). The van der Waals surface area contributed by atoms with Crippen LogP contribution >= 0.6 is 11.3 Å². The number of ether oxygens (including phenoxy) is 1. The minimum atomic E-state index is -0.955. The zero-order valence-electron chi connectivity index (χ0n) is 13.7. The zero-order chi connectivity index (χ0) is 17.2. The van der Waals surface area contributed by atoms with Gasteiger partial charge in [-0.2, -0.15) is 0 Å². The lowest BCUT2D eigenvalue weighted by atomic mass is 10.1. The van der Waals surface area contributed by atoms with E-state index in [1.54, 1.807) is 17.7 Å². The first kappa shape index (κ1) is 16.3. The number of anilines is 2. The molecule has 2 aromatic heterocycles. The van der Waals surface area contributed by atoms with Crippen LogP contribution in [0, 0.1) is 0 Å². The van der Waals surface area contributed by atoms with Crippen molar-refractivity contribution in [3.8, 4) is 0 Å². The number of carbonyl (C=O) groups is 1. The number of nitrogens with zero attached hydrogens (tertiary/aromatic N) is 5. The lowest BCUT2D eigenvalue weighted by Gasteiger charge is -2.31. The van der Waals surface area contributed by atoms with Crippen molar-refractivity contribution in [3.63, 3.8) is 0 Å². The predicted octanol–water partition coefficient (Wildman–Crippen LogP) is 1.16. The van der Waals surface area contributed by atoms with E-state index in [9.17, 15) is 4.79 Å². The van der Waals surface area contributed by atoms with Crippen LogP contribution in [0.5, 0.6) is 0 Å². The summed E-state index contributed by atoms with van der Waals surface area (Å²) in [5, 5.41) is 12.3. The largest absolute Gasteiger partial charge is 0.465 e. The third kappa shape index (κ3) is 3.45. The molecule has 0 saturated carbocycles. The summed E-state index contributed by atoms with van der Waals surface area (Å²) in [6.07, 6.45) is 2.20. The van der Waals surface area contributed by atoms with Gasteiger partial charge in [-0.3, -0.25) is 0 Å². The second kappa shape index (κ2) is 6.96. The Bertz CT molecular complexity index is 755. The third-order valence-corrected chi connectivity index (χ3v) is 5.59. The number of amides is 1. The molecule has 0 bridgehead atoms. The first-order valence-electron chi connectivity index (χ1n) is 8.39. The number of rotatable bonds is 3. The first-order valence-corrected chi connectivity index (χ1v) is 9.21. The molecule has 10 heteroatoms. The highest BCUT2D eigenvalue weighted by Gasteiger charge is 2.24. The summed E-state index contributed by atoms with van der Waals surface area (Å²) in [7, 11) is 0. The summed E-state index contributed by atoms with van der Waals surface area (Å²) < 4.78 is 5.41. The van der Waals surface area contributed by atoms with Crippen LogP contribution < -0.4 is 15.1 Å². The molecule has 0 atom stereocenters. The fourth-order valence-corrected chi connectivity index (χ4v) is 4.22. The SMILES string of the molecule is O=C(O)NC1CCN(c2nc3c(N4CCOCC4)ncnc3s2)CC1. The highest BCUT2D eigenvalue weighted by atomic mass is 32.1. The Morgan fingerprint density at radius 3 is 2.68 bits per heavy atom. The lowest BCUT2D eigenvalue weighted by molar-refractivity contribution is 0.122. The van der Waals surface area contributed by atoms with Gasteiger partial charge in [0.05, 0.1) is 13.2 Å². The number of morpholine rings is 1. The Morgan fingerprint density at radius 1 is 1.20 bits per heavy atom. The molecule has 0 spiro atoms. The molecular formula is C15H20N6O3S. The van der Waals surface area contributed by atoms with E-state index in [-0.39, 0.29) is 6.04 Å². The minimum absolute atomic E-state index is 0.0202. The number of carboxylic acid groups (broad SMARTS) is 1. The van der Waals surface area contributed by atoms with Crippen LogP contribution in [0.4, 0.5) is 15.7 Å². The van der Waals surface area contributed by atoms with Gasteiger partial charge < -0.3 is 25.0 Å². The van der Waals surface area contributed by atoms with E-state index in [1.165, 1.54) is 0 Å². The molecular weight excluding hydrogens is 344 g/mol. The Morgan fingerprint density at radius 2 is 1.96 bits per heavy atom. The van der Waals surface area contributed by atoms with E-state index in [4.69, 9.17) is 14.8 Å². The van der Waals surface area contributed by atoms with Gasteiger partial charge in [0.15, 0.2) is 15.8 Å². The molecule has 0 unspecified atom stereocenters. The van der Waals surface area contributed by atoms with Crippen molar-refractivity contribution in [2.24, 2.45) is 0 Å². The summed E-state index contributed by atoms with van der Waals surface area (Å²) >= 11 is 1.57. The Balaban J connectivity index is 1.53. The number of nitrogens with one attached hydrogen (secondary N) is 1. The number of thiazole rings is 1. The summed E-state index contributed by atoms with van der Waals surface area (Å²) in [4.78, 5) is 29.7. The van der Waals surface area contributed by atoms with Crippen LogP contribution in [0.15, 0.2) is 6.33 Å². The van der Waals surface area contributed by atoms with Gasteiger partial charge in [0.2, 0.25) is 0 Å². The van der Waals surface area contributed by atoms with Crippen LogP contribution in [0.3, 0.4) is 0 Å². The van der Waals surface area contributed by atoms with Crippen molar-refractivity contribution >= 4 is 38.7 Å². The molecule has 2 saturated heterocycles. The quantitative estimate of drug-likeness (QED) is 0.836. The van der Waals surface area contributed by atoms with Crippen molar-refractivity contribution in [2.45, 2.75) is 18.9 Å². The second-order valence-corrected chi connectivity index (χ2v) is 7.11. The molecule has 0 radical (unpaired) electrons. The van der Waals surface area contributed by atoms with Gasteiger partial charge in [0.25, 0.3) is 0 Å². The minimum Gasteiger partial charge on any atom is -0.465 e. The zero-order valence-corrected chi connectivity index (χ0v) is 14.5. The maximum atomic E-state index is 10.8. The summed E-state index contributed by atoms with van der Waals surface area (Å²) in [5.74, 6) is 0.873. The average molecular weight is 364 g/mol. The Labute approximate surface area is 148 Å². The standard InChI is InChI=1S/C15H20N6O3S/c22-15(23)18-10-1-3-21(4-2-10)14-19-11-12(16-9-17-13(11)25-14)20-5-7-24-8-6-20/h9-10,18H,1-8H2,(H,22,23). The maximum absolute atomic E-state index is 10.8. The molecule has 2 aliphatic heterocycles. The molecule has 2 aromatic rings. The highest BCUT2D eigenvalue weighted by Crippen LogP contribution is 2.33. The van der Waals surface area contributed by atoms with Crippen molar-refractivity contribution in [1.29, 1.82) is 0 Å². The molecule has 2 N–H and O–H groups in total. The highest BCUT2D eigenvalue weighted by molar-refractivity contribution is 7.21. The van der Waals surface area contributed by atoms with Crippen LogP contribution in [0.2, 0.25) is 0 Å². The van der Waals surface area contributed by atoms with E-state index in [1.807, 2.05) is 0 Å². The number of fused-ring (bicyclic) bond motifs is 1. The van der Waals surface area contributed by atoms with Crippen molar-refractivity contribution in [2.75, 3.05) is 49.2 Å². The van der Waals surface area contributed by atoms with E-state index >= 15 is 0 Å². The average Bonchev–Trinajstić information content (AvgIpc) is 3.07. The lowest BCUT2D eigenvalue weighted by Crippen LogP contribution is -2.44. The molecule has 4 heterocycles. The predicted molar refractivity (Wildman–Crippen MR) is 94.6 cm³/mol. The van der Waals surface area contributed by atoms with Crippen LogP contribution in [-0.4, -0.2) is 71.6 Å². The topological polar surface area (TPSA) is 104 Å². The van der Waals surface area contributed by atoms with E-state index in [0.29, 0.717) is 13.2 Å². The van der Waals surface area contributed by atoms with Crippen molar-refractivity contribution < 1.29 is 14.6 Å². The van der Waals surface area contributed by atoms with Gasteiger partial charge in [0.1, 0.15) is 11.8 Å². The van der Waals surface area contributed by atoms with E-state index < -0.39 is 6.09 Å². The van der Waals surface area contributed by atoms with Gasteiger partial charge in [0, 0.05) is 32.2 Å². The molecule has 1 amide bonds. The third-order valence-electron chi connectivity index (χ3n) is 4.57. The molecule has 25 heavy (non-hydrogen) atoms. The molecule has 9 nitrogen and oxygen atoms in total. The van der Waals surface area contributed by atoms with Gasteiger partial charge >= 0.3 is 6.09 Å². The molecule has 2 aliphatic rings. The van der Waals surface area contributed by atoms with Crippen molar-refractivity contribution in [3.05, 3.63) is 6.33 Å². The van der Waals surface area contributed by atoms with E-state index in [2.05, 4.69) is 25.1 Å². The fraction of sp³-hybridized carbons (Fsp3) is 0.600. The van der Waals surface area contributed by atoms with Crippen molar-refractivity contribution in [1.82, 2.24) is 20.3 Å². The summed E-state index contributed by atoms with van der Waals surface area (Å²) in [6, 6.07) is 0.0202.